The maximum Gasteiger partial charge on any atom is 0.351 e. The molecule has 29 heavy (non-hydrogen) atoms. The number of fused-ring (bicyclic) bond motifs is 1. The summed E-state index contributed by atoms with van der Waals surface area (Å²) in [5, 5.41) is 31.2. The highest BCUT2D eigenvalue weighted by Crippen LogP contribution is 2.36. The van der Waals surface area contributed by atoms with Crippen LogP contribution in [-0.4, -0.2) is 58.4 Å². The molecule has 2 aromatic rings. The van der Waals surface area contributed by atoms with E-state index >= 15 is 0 Å². The van der Waals surface area contributed by atoms with Crippen LogP contribution in [0.4, 0.5) is 0 Å². The zero-order chi connectivity index (χ0) is 21.7. The van der Waals surface area contributed by atoms with Crippen molar-refractivity contribution in [2.75, 3.05) is 7.11 Å². The molecule has 0 aliphatic carbocycles. The molecule has 0 bridgehead atoms. The van der Waals surface area contributed by atoms with Crippen molar-refractivity contribution in [3.05, 3.63) is 33.7 Å². The van der Waals surface area contributed by atoms with E-state index in [4.69, 9.17) is 18.6 Å². The maximum atomic E-state index is 12.1. The molecule has 158 valence electrons. The third-order valence-corrected chi connectivity index (χ3v) is 5.14. The lowest BCUT2D eigenvalue weighted by Gasteiger charge is -2.46. The topological polar surface area (TPSA) is 136 Å². The van der Waals surface area contributed by atoms with E-state index in [9.17, 15) is 24.9 Å². The Morgan fingerprint density at radius 1 is 1.21 bits per heavy atom. The lowest BCUT2D eigenvalue weighted by Crippen LogP contribution is -2.63. The van der Waals surface area contributed by atoms with Crippen molar-refractivity contribution in [1.29, 1.82) is 0 Å². The number of aliphatic hydroxyl groups excluding tert-OH is 2. The highest BCUT2D eigenvalue weighted by Gasteiger charge is 2.50. The number of Topliss-reactive ketones (excluding diaryl/α,β-unsaturated/α-hetero) is 1. The molecule has 9 nitrogen and oxygen atoms in total. The number of aromatic hydroxyl groups is 1. The number of aryl methyl sites for hydroxylation is 1. The normalized spacial score (nSPS) is 26.4. The predicted octanol–water partition coefficient (Wildman–Crippen LogP) is 1.26. The Morgan fingerprint density at radius 2 is 1.86 bits per heavy atom. The van der Waals surface area contributed by atoms with E-state index in [0.717, 1.165) is 6.92 Å². The first kappa shape index (κ1) is 21.3. The van der Waals surface area contributed by atoms with Gasteiger partial charge in [0.15, 0.2) is 5.78 Å². The van der Waals surface area contributed by atoms with Crippen LogP contribution in [0.1, 0.15) is 36.7 Å². The van der Waals surface area contributed by atoms with Crippen molar-refractivity contribution in [1.82, 2.24) is 0 Å². The van der Waals surface area contributed by atoms with E-state index in [1.54, 1.807) is 20.8 Å². The minimum Gasteiger partial charge on any atom is -0.506 e. The van der Waals surface area contributed by atoms with Gasteiger partial charge in [0.25, 0.3) is 0 Å². The summed E-state index contributed by atoms with van der Waals surface area (Å²) in [5.74, 6) is -0.871. The van der Waals surface area contributed by atoms with Gasteiger partial charge in [-0.2, -0.15) is 0 Å². The molecule has 1 aromatic carbocycles. The molecule has 1 aliphatic heterocycles. The summed E-state index contributed by atoms with van der Waals surface area (Å²) < 4.78 is 22.0. The first-order chi connectivity index (χ1) is 13.5. The number of benzene rings is 1. The van der Waals surface area contributed by atoms with E-state index in [2.05, 4.69) is 0 Å². The Balaban J connectivity index is 2.01. The molecule has 2 heterocycles. The van der Waals surface area contributed by atoms with Crippen molar-refractivity contribution in [3.63, 3.8) is 0 Å². The molecule has 3 rings (SSSR count). The average Bonchev–Trinajstić information content (AvgIpc) is 2.62. The van der Waals surface area contributed by atoms with Crippen LogP contribution in [0, 0.1) is 6.92 Å². The minimum atomic E-state index is -1.40. The van der Waals surface area contributed by atoms with Gasteiger partial charge in [0, 0.05) is 12.7 Å². The predicted molar refractivity (Wildman–Crippen MR) is 101 cm³/mol. The Morgan fingerprint density at radius 3 is 2.45 bits per heavy atom. The molecule has 1 aliphatic rings. The van der Waals surface area contributed by atoms with Gasteiger partial charge in [-0.15, -0.1) is 0 Å². The molecule has 3 N–H and O–H groups in total. The Bertz CT molecular complexity index is 1010. The van der Waals surface area contributed by atoms with Gasteiger partial charge >= 0.3 is 5.63 Å². The summed E-state index contributed by atoms with van der Waals surface area (Å²) >= 11 is 0. The molecule has 9 heteroatoms. The van der Waals surface area contributed by atoms with Crippen molar-refractivity contribution < 1.29 is 38.7 Å². The van der Waals surface area contributed by atoms with Gasteiger partial charge in [0.05, 0.1) is 11.0 Å². The van der Waals surface area contributed by atoms with Crippen molar-refractivity contribution in [2.45, 2.75) is 57.9 Å². The SMILES string of the molecule is CO[C@@H]1[C@H](O)[C@@H](O)[C@H](Oc2ccc3c(O)c(C(C)=O)c(=O)oc3c2C)OC1(C)C. The van der Waals surface area contributed by atoms with Crippen LogP contribution in [0.2, 0.25) is 0 Å². The second kappa shape index (κ2) is 7.42. The number of carbonyl (C=O) groups is 1. The molecule has 1 fully saturated rings. The largest absolute Gasteiger partial charge is 0.506 e. The molecular weight excluding hydrogens is 384 g/mol. The molecule has 1 saturated heterocycles. The molecule has 0 amide bonds. The maximum absolute atomic E-state index is 12.1. The van der Waals surface area contributed by atoms with Gasteiger partial charge in [0.1, 0.15) is 41.0 Å². The number of ketones is 1. The number of methoxy groups -OCH3 is 1. The van der Waals surface area contributed by atoms with Crippen molar-refractivity contribution in [2.24, 2.45) is 0 Å². The summed E-state index contributed by atoms with van der Waals surface area (Å²) in [6, 6.07) is 2.91. The van der Waals surface area contributed by atoms with Crippen LogP contribution < -0.4 is 10.4 Å². The van der Waals surface area contributed by atoms with Crippen LogP contribution >= 0.6 is 0 Å². The van der Waals surface area contributed by atoms with Gasteiger partial charge < -0.3 is 33.9 Å². The van der Waals surface area contributed by atoms with Crippen LogP contribution in [0.3, 0.4) is 0 Å². The monoisotopic (exact) mass is 408 g/mol. The number of rotatable bonds is 4. The molecule has 0 spiro atoms. The van der Waals surface area contributed by atoms with Gasteiger partial charge in [-0.3, -0.25) is 4.79 Å². The zero-order valence-corrected chi connectivity index (χ0v) is 16.8. The molecular formula is C20H24O9. The fraction of sp³-hybridized carbons (Fsp3) is 0.500. The molecule has 4 atom stereocenters. The summed E-state index contributed by atoms with van der Waals surface area (Å²) in [4.78, 5) is 23.7. The van der Waals surface area contributed by atoms with Gasteiger partial charge in [-0.25, -0.2) is 4.79 Å². The van der Waals surface area contributed by atoms with Gasteiger partial charge in [0.2, 0.25) is 6.29 Å². The smallest absolute Gasteiger partial charge is 0.351 e. The molecule has 0 unspecified atom stereocenters. The summed E-state index contributed by atoms with van der Waals surface area (Å²) in [6.45, 7) is 6.13. The quantitative estimate of drug-likeness (QED) is 0.504. The first-order valence-corrected chi connectivity index (χ1v) is 9.03. The third-order valence-electron chi connectivity index (χ3n) is 5.14. The van der Waals surface area contributed by atoms with Crippen LogP contribution in [0.25, 0.3) is 11.0 Å². The van der Waals surface area contributed by atoms with Gasteiger partial charge in [-0.05, 0) is 39.8 Å². The highest BCUT2D eigenvalue weighted by atomic mass is 16.7. The lowest BCUT2D eigenvalue weighted by atomic mass is 9.89. The van der Waals surface area contributed by atoms with E-state index < -0.39 is 52.9 Å². The summed E-state index contributed by atoms with van der Waals surface area (Å²) in [5.41, 5.74) is -1.95. The first-order valence-electron chi connectivity index (χ1n) is 9.03. The number of ether oxygens (including phenoxy) is 3. The standard InChI is InChI=1S/C20H24O9/c1-8-11(27-19-15(24)14(23)17(26-5)20(3,4)29-19)7-6-10-13(22)12(9(2)21)18(25)28-16(8)10/h6-7,14-15,17,19,22-24H,1-5H3/t14-,15-,17-,19-/m1/s1. The van der Waals surface area contributed by atoms with E-state index in [-0.39, 0.29) is 16.7 Å². The Kier molecular flexibility index (Phi) is 5.44. The average molecular weight is 408 g/mol. The van der Waals surface area contributed by atoms with E-state index in [1.807, 2.05) is 0 Å². The van der Waals surface area contributed by atoms with Crippen molar-refractivity contribution >= 4 is 16.8 Å². The molecule has 0 radical (unpaired) electrons. The zero-order valence-electron chi connectivity index (χ0n) is 16.8. The second-order valence-electron chi connectivity index (χ2n) is 7.58. The third kappa shape index (κ3) is 3.51. The van der Waals surface area contributed by atoms with Crippen LogP contribution in [0.5, 0.6) is 11.5 Å². The molecule has 1 aromatic heterocycles. The summed E-state index contributed by atoms with van der Waals surface area (Å²) in [6.07, 6.45) is -4.65. The number of aliphatic hydroxyl groups is 2. The van der Waals surface area contributed by atoms with E-state index in [0.29, 0.717) is 5.56 Å². The van der Waals surface area contributed by atoms with Crippen LogP contribution in [-0.2, 0) is 9.47 Å². The van der Waals surface area contributed by atoms with E-state index in [1.165, 1.54) is 19.2 Å². The lowest BCUT2D eigenvalue weighted by molar-refractivity contribution is -0.306. The Labute approximate surface area is 166 Å². The van der Waals surface area contributed by atoms with Gasteiger partial charge in [-0.1, -0.05) is 0 Å². The fourth-order valence-corrected chi connectivity index (χ4v) is 3.63. The van der Waals surface area contributed by atoms with Crippen LogP contribution in [0.15, 0.2) is 21.3 Å². The number of hydrogen-bond donors (Lipinski definition) is 3. The summed E-state index contributed by atoms with van der Waals surface area (Å²) in [7, 11) is 1.41. The minimum absolute atomic E-state index is 0.0369. The molecule has 0 saturated carbocycles. The Hall–Kier alpha value is -2.46. The highest BCUT2D eigenvalue weighted by molar-refractivity contribution is 6.02. The number of carbonyl (C=O) groups excluding carboxylic acids is 1. The second-order valence-corrected chi connectivity index (χ2v) is 7.58. The fourth-order valence-electron chi connectivity index (χ4n) is 3.63. The number of hydrogen-bond acceptors (Lipinski definition) is 9. The van der Waals surface area contributed by atoms with Crippen molar-refractivity contribution in [3.8, 4) is 11.5 Å².